The monoisotopic (exact) mass is 735 g/mol. The summed E-state index contributed by atoms with van der Waals surface area (Å²) in [5, 5.41) is 13.2. The largest absolute Gasteiger partial charge is 0.449 e. The molecule has 3 fully saturated rings. The van der Waals surface area contributed by atoms with Crippen molar-refractivity contribution in [3.05, 3.63) is 71.8 Å². The molecule has 2 aromatic rings. The molecule has 2 heterocycles. The standard InChI is InChI=1S/C43H65N3O7/c1-31(2)34-23-17-18-25-43(34,49)36(53-38(48)46-40(5,6)30-52-42(46,9)10)35(24-26-50-37(47)45-39(3,4)29-51-41(45,7)8)44(27-32-19-13-11-14-20-32)28-33-21-15-12-16-22-33/h11-16,19-22,31,34-36,49H,17-18,23-30H2,1-10H3/t34-,35+,36-,43-/m1/s1. The molecular formula is C43H65N3O7. The normalized spacial score (nSPS) is 25.7. The second-order valence-electron chi connectivity index (χ2n) is 18.0. The van der Waals surface area contributed by atoms with Crippen LogP contribution in [0.15, 0.2) is 60.7 Å². The summed E-state index contributed by atoms with van der Waals surface area (Å²) in [5.41, 5.74) is -2.10. The molecule has 10 nitrogen and oxygen atoms in total. The minimum absolute atomic E-state index is 0.0481. The van der Waals surface area contributed by atoms with E-state index in [1.165, 1.54) is 0 Å². The van der Waals surface area contributed by atoms with Crippen molar-refractivity contribution < 1.29 is 33.6 Å². The highest BCUT2D eigenvalue weighted by atomic mass is 16.6. The molecular weight excluding hydrogens is 670 g/mol. The average Bonchev–Trinajstić information content (AvgIpc) is 3.45. The molecule has 1 N–H and O–H groups in total. The van der Waals surface area contributed by atoms with Gasteiger partial charge in [-0.05, 0) is 91.2 Å². The van der Waals surface area contributed by atoms with Gasteiger partial charge in [0.25, 0.3) is 0 Å². The van der Waals surface area contributed by atoms with Gasteiger partial charge in [-0.2, -0.15) is 0 Å². The molecule has 2 aliphatic heterocycles. The summed E-state index contributed by atoms with van der Waals surface area (Å²) in [6.45, 7) is 21.5. The number of amides is 2. The van der Waals surface area contributed by atoms with E-state index in [2.05, 4.69) is 43.0 Å². The lowest BCUT2D eigenvalue weighted by molar-refractivity contribution is -0.180. The Morgan fingerprint density at radius 1 is 0.792 bits per heavy atom. The third-order valence-electron chi connectivity index (χ3n) is 11.6. The van der Waals surface area contributed by atoms with Gasteiger partial charge in [-0.3, -0.25) is 14.7 Å². The van der Waals surface area contributed by atoms with Gasteiger partial charge in [0.15, 0.2) is 0 Å². The predicted octanol–water partition coefficient (Wildman–Crippen LogP) is 8.36. The van der Waals surface area contributed by atoms with E-state index in [0.29, 0.717) is 39.1 Å². The van der Waals surface area contributed by atoms with Gasteiger partial charge < -0.3 is 24.1 Å². The zero-order chi connectivity index (χ0) is 38.8. The molecule has 0 radical (unpaired) electrons. The third-order valence-corrected chi connectivity index (χ3v) is 11.6. The Bertz CT molecular complexity index is 1460. The minimum atomic E-state index is -1.34. The fourth-order valence-electron chi connectivity index (χ4n) is 9.29. The molecule has 0 spiro atoms. The van der Waals surface area contributed by atoms with Crippen LogP contribution in [0.1, 0.15) is 112 Å². The number of nitrogens with zero attached hydrogens (tertiary/aromatic N) is 3. The molecule has 0 aromatic heterocycles. The minimum Gasteiger partial charge on any atom is -0.449 e. The van der Waals surface area contributed by atoms with E-state index < -0.39 is 52.5 Å². The fraction of sp³-hybridized carbons (Fsp3) is 0.674. The van der Waals surface area contributed by atoms with Gasteiger partial charge in [-0.1, -0.05) is 87.4 Å². The van der Waals surface area contributed by atoms with Crippen LogP contribution in [0.25, 0.3) is 0 Å². The van der Waals surface area contributed by atoms with Crippen LogP contribution in [0.3, 0.4) is 0 Å². The van der Waals surface area contributed by atoms with Crippen LogP contribution in [0.2, 0.25) is 0 Å². The van der Waals surface area contributed by atoms with Crippen molar-refractivity contribution in [2.75, 3.05) is 19.8 Å². The number of carbonyl (C=O) groups is 2. The quantitative estimate of drug-likeness (QED) is 0.232. The highest BCUT2D eigenvalue weighted by Crippen LogP contribution is 2.45. The number of hydrogen-bond acceptors (Lipinski definition) is 8. The highest BCUT2D eigenvalue weighted by molar-refractivity contribution is 5.71. The van der Waals surface area contributed by atoms with Gasteiger partial charge >= 0.3 is 12.2 Å². The number of rotatable bonds is 12. The Balaban J connectivity index is 1.60. The summed E-state index contributed by atoms with van der Waals surface area (Å²) in [4.78, 5) is 34.2. The van der Waals surface area contributed by atoms with Gasteiger partial charge in [0.2, 0.25) is 0 Å². The summed E-state index contributed by atoms with van der Waals surface area (Å²) >= 11 is 0. The Kier molecular flexibility index (Phi) is 12.3. The van der Waals surface area contributed by atoms with Gasteiger partial charge in [-0.15, -0.1) is 0 Å². The predicted molar refractivity (Wildman–Crippen MR) is 206 cm³/mol. The van der Waals surface area contributed by atoms with Crippen LogP contribution in [0.4, 0.5) is 9.59 Å². The lowest BCUT2D eigenvalue weighted by Crippen LogP contribution is -2.64. The van der Waals surface area contributed by atoms with E-state index >= 15 is 0 Å². The topological polar surface area (TPSA) is 101 Å². The van der Waals surface area contributed by atoms with Crippen LogP contribution < -0.4 is 0 Å². The lowest BCUT2D eigenvalue weighted by Gasteiger charge is -2.51. The maximum absolute atomic E-state index is 14.7. The van der Waals surface area contributed by atoms with Crippen molar-refractivity contribution >= 4 is 12.2 Å². The first kappa shape index (κ1) is 41.0. The molecule has 4 atom stereocenters. The summed E-state index contributed by atoms with van der Waals surface area (Å²) in [6.07, 6.45) is 1.50. The zero-order valence-electron chi connectivity index (χ0n) is 33.9. The van der Waals surface area contributed by atoms with E-state index in [4.69, 9.17) is 18.9 Å². The van der Waals surface area contributed by atoms with E-state index in [0.717, 1.165) is 30.4 Å². The fourth-order valence-corrected chi connectivity index (χ4v) is 9.29. The smallest absolute Gasteiger partial charge is 0.413 e. The summed E-state index contributed by atoms with van der Waals surface area (Å²) in [7, 11) is 0. The number of aliphatic hydroxyl groups is 1. The zero-order valence-corrected chi connectivity index (χ0v) is 33.9. The first-order valence-electron chi connectivity index (χ1n) is 19.6. The maximum Gasteiger partial charge on any atom is 0.413 e. The Labute approximate surface area is 318 Å². The second kappa shape index (κ2) is 15.9. The molecule has 1 saturated carbocycles. The van der Waals surface area contributed by atoms with E-state index in [1.807, 2.05) is 91.8 Å². The molecule has 0 bridgehead atoms. The molecule has 0 unspecified atom stereocenters. The molecule has 1 aliphatic carbocycles. The number of hydrogen-bond donors (Lipinski definition) is 1. The molecule has 10 heteroatoms. The second-order valence-corrected chi connectivity index (χ2v) is 18.0. The van der Waals surface area contributed by atoms with E-state index in [9.17, 15) is 14.7 Å². The first-order valence-corrected chi connectivity index (χ1v) is 19.6. The van der Waals surface area contributed by atoms with Crippen LogP contribution >= 0.6 is 0 Å². The van der Waals surface area contributed by atoms with Crippen LogP contribution in [0.5, 0.6) is 0 Å². The van der Waals surface area contributed by atoms with Crippen LogP contribution in [-0.2, 0) is 32.0 Å². The van der Waals surface area contributed by atoms with Crippen molar-refractivity contribution in [3.63, 3.8) is 0 Å². The van der Waals surface area contributed by atoms with Crippen molar-refractivity contribution in [2.24, 2.45) is 11.8 Å². The molecule has 2 saturated heterocycles. The summed E-state index contributed by atoms with van der Waals surface area (Å²) in [5.74, 6) is 0.0212. The molecule has 294 valence electrons. The molecule has 53 heavy (non-hydrogen) atoms. The Morgan fingerprint density at radius 3 is 1.74 bits per heavy atom. The molecule has 2 aromatic carbocycles. The van der Waals surface area contributed by atoms with Crippen LogP contribution in [-0.4, -0.2) is 92.1 Å². The van der Waals surface area contributed by atoms with Gasteiger partial charge in [0.05, 0.1) is 36.9 Å². The SMILES string of the molecule is CC(C)[C@H]1CCCC[C@]1(O)[C@H](OC(=O)N1C(C)(C)COC1(C)C)[C@H](CCOC(=O)N1C(C)(C)COC1(C)C)N(Cc1ccccc1)Cc1ccccc1. The summed E-state index contributed by atoms with van der Waals surface area (Å²) in [6, 6.07) is 19.9. The molecule has 5 rings (SSSR count). The van der Waals surface area contributed by atoms with Gasteiger partial charge in [0.1, 0.15) is 23.2 Å². The van der Waals surface area contributed by atoms with Crippen molar-refractivity contribution in [2.45, 2.75) is 155 Å². The van der Waals surface area contributed by atoms with E-state index in [-0.39, 0.29) is 18.4 Å². The Hall–Kier alpha value is -3.18. The third kappa shape index (κ3) is 9.04. The van der Waals surface area contributed by atoms with Crippen molar-refractivity contribution in [1.82, 2.24) is 14.7 Å². The van der Waals surface area contributed by atoms with Gasteiger partial charge in [0, 0.05) is 19.5 Å². The molecule has 2 amide bonds. The average molecular weight is 736 g/mol. The lowest BCUT2D eigenvalue weighted by atomic mass is 9.66. The van der Waals surface area contributed by atoms with Crippen molar-refractivity contribution in [1.29, 1.82) is 0 Å². The van der Waals surface area contributed by atoms with Gasteiger partial charge in [-0.25, -0.2) is 9.59 Å². The van der Waals surface area contributed by atoms with Crippen molar-refractivity contribution in [3.8, 4) is 0 Å². The van der Waals surface area contributed by atoms with Crippen LogP contribution in [0, 0.1) is 11.8 Å². The Morgan fingerprint density at radius 2 is 1.28 bits per heavy atom. The molecule has 3 aliphatic rings. The maximum atomic E-state index is 14.7. The number of benzene rings is 2. The number of ether oxygens (including phenoxy) is 4. The highest BCUT2D eigenvalue weighted by Gasteiger charge is 2.56. The first-order chi connectivity index (χ1) is 24.8. The summed E-state index contributed by atoms with van der Waals surface area (Å²) < 4.78 is 25.0. The number of carbonyl (C=O) groups excluding carboxylic acids is 2. The van der Waals surface area contributed by atoms with E-state index in [1.54, 1.807) is 9.80 Å².